The van der Waals surface area contributed by atoms with Crippen molar-refractivity contribution in [2.75, 3.05) is 17.0 Å². The first kappa shape index (κ1) is 23.2. The van der Waals surface area contributed by atoms with E-state index in [9.17, 15) is 14.4 Å². The topological polar surface area (TPSA) is 89.9 Å². The number of hydrogen-bond donors (Lipinski definition) is 1. The summed E-state index contributed by atoms with van der Waals surface area (Å²) in [7, 11) is 0. The first-order valence-corrected chi connectivity index (χ1v) is 12.5. The Bertz CT molecular complexity index is 1630. The highest BCUT2D eigenvalue weighted by molar-refractivity contribution is 8.19. The molecule has 10 heteroatoms. The molecule has 2 aliphatic heterocycles. The van der Waals surface area contributed by atoms with Crippen molar-refractivity contribution in [3.05, 3.63) is 88.4 Å². The minimum absolute atomic E-state index is 0.0484. The maximum absolute atomic E-state index is 13.1. The van der Waals surface area contributed by atoms with Gasteiger partial charge in [0.25, 0.3) is 11.1 Å². The van der Waals surface area contributed by atoms with E-state index in [1.165, 1.54) is 0 Å². The van der Waals surface area contributed by atoms with Gasteiger partial charge in [0, 0.05) is 39.4 Å². The van der Waals surface area contributed by atoms with Gasteiger partial charge < -0.3 is 19.4 Å². The number of benzene rings is 3. The maximum Gasteiger partial charge on any atom is 0.298 e. The van der Waals surface area contributed by atoms with E-state index in [4.69, 9.17) is 21.1 Å². The fourth-order valence-electron chi connectivity index (χ4n) is 4.30. The average molecular weight is 532 g/mol. The quantitative estimate of drug-likeness (QED) is 0.322. The largest absolute Gasteiger partial charge is 0.454 e. The van der Waals surface area contributed by atoms with Crippen molar-refractivity contribution >= 4 is 68.8 Å². The lowest BCUT2D eigenvalue weighted by Gasteiger charge is -2.12. The number of hydrogen-bond acceptors (Lipinski definition) is 6. The molecule has 184 valence electrons. The van der Waals surface area contributed by atoms with Crippen molar-refractivity contribution in [2.24, 2.45) is 0 Å². The molecule has 1 saturated heterocycles. The van der Waals surface area contributed by atoms with Gasteiger partial charge in [-0.3, -0.25) is 14.4 Å². The van der Waals surface area contributed by atoms with Crippen LogP contribution in [0, 0.1) is 0 Å². The molecule has 1 N–H and O–H groups in total. The van der Waals surface area contributed by atoms with Crippen molar-refractivity contribution < 1.29 is 23.9 Å². The number of rotatable bonds is 5. The molecule has 3 amide bonds. The summed E-state index contributed by atoms with van der Waals surface area (Å²) in [6.45, 7) is 0.205. The summed E-state index contributed by atoms with van der Waals surface area (Å²) in [5.41, 5.74) is 2.56. The van der Waals surface area contributed by atoms with E-state index in [-0.39, 0.29) is 24.2 Å². The molecule has 0 unspecified atom stereocenters. The molecule has 1 aromatic heterocycles. The van der Waals surface area contributed by atoms with Crippen LogP contribution in [0.25, 0.3) is 17.0 Å². The van der Waals surface area contributed by atoms with E-state index in [0.717, 1.165) is 33.1 Å². The molecule has 8 nitrogen and oxygen atoms in total. The predicted octanol–water partition coefficient (Wildman–Crippen LogP) is 5.90. The summed E-state index contributed by atoms with van der Waals surface area (Å²) in [6.07, 6.45) is 3.49. The van der Waals surface area contributed by atoms with E-state index in [0.29, 0.717) is 27.9 Å². The molecule has 2 aliphatic rings. The van der Waals surface area contributed by atoms with Crippen LogP contribution < -0.4 is 19.7 Å². The van der Waals surface area contributed by atoms with E-state index < -0.39 is 11.1 Å². The summed E-state index contributed by atoms with van der Waals surface area (Å²) >= 11 is 6.92. The van der Waals surface area contributed by atoms with Crippen molar-refractivity contribution in [1.29, 1.82) is 0 Å². The second-order valence-corrected chi connectivity index (χ2v) is 9.77. The van der Waals surface area contributed by atoms with Gasteiger partial charge >= 0.3 is 0 Å². The van der Waals surface area contributed by atoms with Gasteiger partial charge in [0.15, 0.2) is 11.5 Å². The second-order valence-electron chi connectivity index (χ2n) is 8.34. The van der Waals surface area contributed by atoms with Gasteiger partial charge in [0.05, 0.1) is 10.6 Å². The standard InChI is InChI=1S/C27H18ClN3O5S/c28-17-4-3-5-19(11-17)31-26(33)24(37-27(31)34)10-16-13-30(21-7-2-1-6-20(16)21)14-25(32)29-18-8-9-22-23(12-18)36-15-35-22/h1-13H,14-15H2,(H,29,32)/b24-10+. The van der Waals surface area contributed by atoms with E-state index in [1.54, 1.807) is 54.7 Å². The fraction of sp³-hybridized carbons (Fsp3) is 0.0741. The summed E-state index contributed by atoms with van der Waals surface area (Å²) in [5.74, 6) is 0.569. The number of nitrogens with one attached hydrogen (secondary N) is 1. The molecule has 3 heterocycles. The predicted molar refractivity (Wildman–Crippen MR) is 143 cm³/mol. The molecule has 37 heavy (non-hydrogen) atoms. The van der Waals surface area contributed by atoms with Gasteiger partial charge in [-0.15, -0.1) is 0 Å². The van der Waals surface area contributed by atoms with Gasteiger partial charge in [0.1, 0.15) is 6.54 Å². The molecule has 1 fully saturated rings. The van der Waals surface area contributed by atoms with Crippen LogP contribution in [0.2, 0.25) is 5.02 Å². The normalized spacial score (nSPS) is 15.7. The minimum Gasteiger partial charge on any atom is -0.454 e. The van der Waals surface area contributed by atoms with E-state index in [1.807, 2.05) is 28.8 Å². The highest BCUT2D eigenvalue weighted by Crippen LogP contribution is 2.38. The molecule has 0 bridgehead atoms. The molecule has 0 saturated carbocycles. The minimum atomic E-state index is -0.422. The van der Waals surface area contributed by atoms with Gasteiger partial charge in [-0.05, 0) is 54.2 Å². The van der Waals surface area contributed by atoms with Crippen LogP contribution in [0.4, 0.5) is 16.2 Å². The number of ether oxygens (including phenoxy) is 2. The third-order valence-corrected chi connectivity index (χ3v) is 7.04. The zero-order valence-electron chi connectivity index (χ0n) is 19.1. The lowest BCUT2D eigenvalue weighted by Crippen LogP contribution is -2.27. The Morgan fingerprint density at radius 3 is 2.73 bits per heavy atom. The SMILES string of the molecule is O=C(Cn1cc(/C=C2/SC(=O)N(c3cccc(Cl)c3)C2=O)c2ccccc21)Nc1ccc2c(c1)OCO2. The summed E-state index contributed by atoms with van der Waals surface area (Å²) < 4.78 is 12.5. The number of para-hydroxylation sites is 1. The zero-order valence-corrected chi connectivity index (χ0v) is 20.7. The van der Waals surface area contributed by atoms with Crippen LogP contribution in [-0.4, -0.2) is 28.4 Å². The zero-order chi connectivity index (χ0) is 25.5. The Kier molecular flexibility index (Phi) is 5.86. The smallest absolute Gasteiger partial charge is 0.298 e. The van der Waals surface area contributed by atoms with Crippen LogP contribution in [0.5, 0.6) is 11.5 Å². The Balaban J connectivity index is 1.27. The number of imide groups is 1. The van der Waals surface area contributed by atoms with Gasteiger partial charge in [-0.2, -0.15) is 0 Å². The van der Waals surface area contributed by atoms with Gasteiger partial charge in [0.2, 0.25) is 12.7 Å². The van der Waals surface area contributed by atoms with Gasteiger partial charge in [-0.1, -0.05) is 35.9 Å². The Labute approximate surface area is 220 Å². The third kappa shape index (κ3) is 4.43. The number of carbonyl (C=O) groups is 3. The molecule has 4 aromatic rings. The number of aromatic nitrogens is 1. The lowest BCUT2D eigenvalue weighted by molar-refractivity contribution is -0.116. The molecule has 0 atom stereocenters. The van der Waals surface area contributed by atoms with Crippen LogP contribution in [0.1, 0.15) is 5.56 Å². The highest BCUT2D eigenvalue weighted by Gasteiger charge is 2.36. The van der Waals surface area contributed by atoms with Crippen molar-refractivity contribution in [3.63, 3.8) is 0 Å². The Morgan fingerprint density at radius 1 is 1.03 bits per heavy atom. The molecule has 6 rings (SSSR count). The first-order chi connectivity index (χ1) is 18.0. The van der Waals surface area contributed by atoms with Gasteiger partial charge in [-0.25, -0.2) is 4.90 Å². The molecule has 3 aromatic carbocycles. The summed E-state index contributed by atoms with van der Waals surface area (Å²) in [6, 6.07) is 19.4. The lowest BCUT2D eigenvalue weighted by atomic mass is 10.1. The summed E-state index contributed by atoms with van der Waals surface area (Å²) in [5, 5.41) is 3.77. The van der Waals surface area contributed by atoms with Crippen molar-refractivity contribution in [1.82, 2.24) is 4.57 Å². The summed E-state index contributed by atoms with van der Waals surface area (Å²) in [4.78, 5) is 40.0. The second kappa shape index (κ2) is 9.34. The number of thioether (sulfide) groups is 1. The number of amides is 3. The molecule has 0 radical (unpaired) electrons. The Morgan fingerprint density at radius 2 is 1.86 bits per heavy atom. The number of nitrogens with zero attached hydrogens (tertiary/aromatic N) is 2. The molecule has 0 aliphatic carbocycles. The maximum atomic E-state index is 13.1. The number of halogens is 1. The third-order valence-electron chi connectivity index (χ3n) is 5.94. The van der Waals surface area contributed by atoms with Crippen LogP contribution in [-0.2, 0) is 16.1 Å². The van der Waals surface area contributed by atoms with Crippen LogP contribution >= 0.6 is 23.4 Å². The monoisotopic (exact) mass is 531 g/mol. The fourth-order valence-corrected chi connectivity index (χ4v) is 5.31. The van der Waals surface area contributed by atoms with Crippen molar-refractivity contribution in [2.45, 2.75) is 6.54 Å². The van der Waals surface area contributed by atoms with E-state index in [2.05, 4.69) is 5.32 Å². The number of fused-ring (bicyclic) bond motifs is 2. The molecular formula is C27H18ClN3O5S. The molecular weight excluding hydrogens is 514 g/mol. The Hall–Kier alpha value is -4.21. The van der Waals surface area contributed by atoms with E-state index >= 15 is 0 Å². The highest BCUT2D eigenvalue weighted by atomic mass is 35.5. The van der Waals surface area contributed by atoms with Crippen LogP contribution in [0.3, 0.4) is 0 Å². The number of carbonyl (C=O) groups excluding carboxylic acids is 3. The van der Waals surface area contributed by atoms with Crippen molar-refractivity contribution in [3.8, 4) is 11.5 Å². The molecule has 0 spiro atoms. The number of anilines is 2. The van der Waals surface area contributed by atoms with Crippen LogP contribution in [0.15, 0.2) is 77.8 Å². The average Bonchev–Trinajstić information content (AvgIpc) is 3.55. The first-order valence-electron chi connectivity index (χ1n) is 11.3.